The zero-order valence-electron chi connectivity index (χ0n) is 16.0. The van der Waals surface area contributed by atoms with E-state index in [0.717, 1.165) is 11.8 Å². The van der Waals surface area contributed by atoms with E-state index in [1.54, 1.807) is 45.0 Å². The van der Waals surface area contributed by atoms with Gasteiger partial charge in [0.05, 0.1) is 28.0 Å². The van der Waals surface area contributed by atoms with Crippen LogP contribution >= 0.6 is 11.8 Å². The number of nitrogens with one attached hydrogen (secondary N) is 2. The van der Waals surface area contributed by atoms with Crippen molar-refractivity contribution in [3.8, 4) is 12.1 Å². The van der Waals surface area contributed by atoms with Crippen molar-refractivity contribution in [1.29, 1.82) is 10.5 Å². The van der Waals surface area contributed by atoms with Gasteiger partial charge in [-0.05, 0) is 38.1 Å². The van der Waals surface area contributed by atoms with E-state index in [0.29, 0.717) is 16.3 Å². The maximum absolute atomic E-state index is 12.5. The van der Waals surface area contributed by atoms with Gasteiger partial charge in [0.2, 0.25) is 11.8 Å². The van der Waals surface area contributed by atoms with Gasteiger partial charge in [-0.1, -0.05) is 25.6 Å². The Bertz CT molecular complexity index is 936. The molecule has 0 saturated heterocycles. The number of allylic oxidation sites excluding steroid dienone is 1. The van der Waals surface area contributed by atoms with Gasteiger partial charge in [0.25, 0.3) is 0 Å². The van der Waals surface area contributed by atoms with E-state index in [9.17, 15) is 24.9 Å². The smallest absolute Gasteiger partial charge is 0.243 e. The number of nitriles is 2. The number of thioether (sulfide) groups is 1. The lowest BCUT2D eigenvalue weighted by molar-refractivity contribution is -0.125. The Kier molecular flexibility index (Phi) is 6.27. The molecule has 7 nitrogen and oxygen atoms in total. The lowest BCUT2D eigenvalue weighted by atomic mass is 9.72. The molecule has 1 heterocycles. The van der Waals surface area contributed by atoms with Crippen molar-refractivity contribution in [3.05, 3.63) is 40.4 Å². The van der Waals surface area contributed by atoms with Crippen molar-refractivity contribution in [3.63, 3.8) is 0 Å². The van der Waals surface area contributed by atoms with Gasteiger partial charge in [-0.3, -0.25) is 14.4 Å². The van der Waals surface area contributed by atoms with Crippen molar-refractivity contribution in [2.45, 2.75) is 32.9 Å². The van der Waals surface area contributed by atoms with Crippen molar-refractivity contribution in [2.24, 2.45) is 11.3 Å². The van der Waals surface area contributed by atoms with Gasteiger partial charge in [-0.2, -0.15) is 10.5 Å². The minimum absolute atomic E-state index is 0.0656. The molecular formula is C20H20N4O3S. The fourth-order valence-electron chi connectivity index (χ4n) is 2.78. The molecule has 28 heavy (non-hydrogen) atoms. The third-order valence-corrected chi connectivity index (χ3v) is 5.67. The standard InChI is InChI=1S/C20H20N4O3S/c1-11(25)13-5-7-14(8-6-13)23-17(26)12(2)28-19-16(10-22)20(3,4)15(9-21)18(27)24-19/h5-8,12,15H,1-4H3,(H,23,26)(H,24,27)/t12-,15-/m1/s1. The molecule has 1 aliphatic heterocycles. The molecule has 2 amide bonds. The Labute approximate surface area is 167 Å². The summed E-state index contributed by atoms with van der Waals surface area (Å²) >= 11 is 1.06. The molecule has 0 unspecified atom stereocenters. The molecule has 0 aliphatic carbocycles. The number of nitrogens with zero attached hydrogens (tertiary/aromatic N) is 2. The largest absolute Gasteiger partial charge is 0.325 e. The summed E-state index contributed by atoms with van der Waals surface area (Å²) in [5, 5.41) is 23.8. The number of hydrogen-bond acceptors (Lipinski definition) is 6. The van der Waals surface area contributed by atoms with E-state index >= 15 is 0 Å². The lowest BCUT2D eigenvalue weighted by Gasteiger charge is -2.35. The first kappa shape index (κ1) is 21.2. The summed E-state index contributed by atoms with van der Waals surface area (Å²) in [4.78, 5) is 36.0. The fraction of sp³-hybridized carbons (Fsp3) is 0.350. The molecule has 2 N–H and O–H groups in total. The summed E-state index contributed by atoms with van der Waals surface area (Å²) in [6, 6.07) is 10.5. The van der Waals surface area contributed by atoms with E-state index in [-0.39, 0.29) is 17.3 Å². The van der Waals surface area contributed by atoms with Crippen molar-refractivity contribution < 1.29 is 14.4 Å². The minimum atomic E-state index is -0.976. The Morgan fingerprint density at radius 1 is 1.25 bits per heavy atom. The van der Waals surface area contributed by atoms with Crippen LogP contribution in [0.15, 0.2) is 34.9 Å². The van der Waals surface area contributed by atoms with Crippen molar-refractivity contribution >= 4 is 35.0 Å². The van der Waals surface area contributed by atoms with Crippen LogP contribution in [0.1, 0.15) is 38.1 Å². The average Bonchev–Trinajstić information content (AvgIpc) is 2.61. The van der Waals surface area contributed by atoms with Gasteiger partial charge >= 0.3 is 0 Å². The molecule has 1 aromatic carbocycles. The van der Waals surface area contributed by atoms with E-state index < -0.39 is 22.5 Å². The van der Waals surface area contributed by atoms with Crippen LogP contribution in [0.4, 0.5) is 5.69 Å². The Balaban J connectivity index is 2.17. The number of carbonyl (C=O) groups excluding carboxylic acids is 3. The molecule has 0 spiro atoms. The summed E-state index contributed by atoms with van der Waals surface area (Å²) < 4.78 is 0. The Hall–Kier alpha value is -3.10. The van der Waals surface area contributed by atoms with Gasteiger partial charge in [0.15, 0.2) is 5.78 Å². The monoisotopic (exact) mass is 396 g/mol. The molecule has 1 aliphatic rings. The molecule has 0 fully saturated rings. The van der Waals surface area contributed by atoms with Crippen LogP contribution < -0.4 is 10.6 Å². The first-order chi connectivity index (χ1) is 13.1. The molecule has 0 saturated carbocycles. The highest BCUT2D eigenvalue weighted by Gasteiger charge is 2.45. The van der Waals surface area contributed by atoms with E-state index in [1.807, 2.05) is 6.07 Å². The van der Waals surface area contributed by atoms with Gasteiger partial charge < -0.3 is 10.6 Å². The molecular weight excluding hydrogens is 376 g/mol. The molecule has 1 aromatic rings. The van der Waals surface area contributed by atoms with Crippen molar-refractivity contribution in [1.82, 2.24) is 5.32 Å². The third kappa shape index (κ3) is 4.24. The summed E-state index contributed by atoms with van der Waals surface area (Å²) in [5.41, 5.74) is 0.402. The first-order valence-corrected chi connectivity index (χ1v) is 9.43. The SMILES string of the molecule is CC(=O)c1ccc(NC(=O)[C@@H](C)SC2=C(C#N)C(C)(C)[C@H](C#N)C(=O)N2)cc1. The first-order valence-electron chi connectivity index (χ1n) is 8.55. The number of ketones is 1. The maximum atomic E-state index is 12.5. The molecule has 2 atom stereocenters. The van der Waals surface area contributed by atoms with Crippen LogP contribution in [0.5, 0.6) is 0 Å². The molecule has 144 valence electrons. The van der Waals surface area contributed by atoms with Gasteiger partial charge in [0, 0.05) is 16.7 Å². The van der Waals surface area contributed by atoms with Gasteiger partial charge in [-0.25, -0.2) is 0 Å². The quantitative estimate of drug-likeness (QED) is 0.738. The second-order valence-corrected chi connectivity index (χ2v) is 8.32. The summed E-state index contributed by atoms with van der Waals surface area (Å²) in [6.45, 7) is 6.45. The maximum Gasteiger partial charge on any atom is 0.243 e. The van der Waals surface area contributed by atoms with E-state index in [4.69, 9.17) is 0 Å². The second kappa shape index (κ2) is 8.28. The highest BCUT2D eigenvalue weighted by molar-refractivity contribution is 8.04. The summed E-state index contributed by atoms with van der Waals surface area (Å²) in [6.07, 6.45) is 0. The highest BCUT2D eigenvalue weighted by atomic mass is 32.2. The fourth-order valence-corrected chi connectivity index (χ4v) is 3.88. The second-order valence-electron chi connectivity index (χ2n) is 6.97. The topological polar surface area (TPSA) is 123 Å². The minimum Gasteiger partial charge on any atom is -0.325 e. The predicted octanol–water partition coefficient (Wildman–Crippen LogP) is 2.98. The zero-order valence-corrected chi connectivity index (χ0v) is 16.8. The summed E-state index contributed by atoms with van der Waals surface area (Å²) in [5.74, 6) is -1.85. The molecule has 8 heteroatoms. The number of Topliss-reactive ketones (excluding diaryl/α,β-unsaturated/α-hetero) is 1. The van der Waals surface area contributed by atoms with Crippen LogP contribution in [0, 0.1) is 34.0 Å². The number of benzene rings is 1. The predicted molar refractivity (Wildman–Crippen MR) is 106 cm³/mol. The Morgan fingerprint density at radius 3 is 2.36 bits per heavy atom. The molecule has 0 bridgehead atoms. The normalized spacial score (nSPS) is 19.1. The highest BCUT2D eigenvalue weighted by Crippen LogP contribution is 2.42. The van der Waals surface area contributed by atoms with Gasteiger partial charge in [0.1, 0.15) is 5.92 Å². The summed E-state index contributed by atoms with van der Waals surface area (Å²) in [7, 11) is 0. The van der Waals surface area contributed by atoms with E-state index in [2.05, 4.69) is 16.7 Å². The van der Waals surface area contributed by atoms with Crippen molar-refractivity contribution in [2.75, 3.05) is 5.32 Å². The van der Waals surface area contributed by atoms with Crippen LogP contribution in [0.25, 0.3) is 0 Å². The zero-order chi connectivity index (χ0) is 21.1. The lowest BCUT2D eigenvalue weighted by Crippen LogP contribution is -2.45. The van der Waals surface area contributed by atoms with E-state index in [1.165, 1.54) is 6.92 Å². The number of rotatable bonds is 5. The molecule has 2 rings (SSSR count). The molecule has 0 aromatic heterocycles. The number of anilines is 1. The molecule has 0 radical (unpaired) electrons. The third-order valence-electron chi connectivity index (χ3n) is 4.56. The number of hydrogen-bond donors (Lipinski definition) is 2. The van der Waals surface area contributed by atoms with Gasteiger partial charge in [-0.15, -0.1) is 0 Å². The average molecular weight is 396 g/mol. The van der Waals surface area contributed by atoms with Crippen LogP contribution in [-0.2, 0) is 9.59 Å². The van der Waals surface area contributed by atoms with Crippen LogP contribution in [0.3, 0.4) is 0 Å². The number of carbonyl (C=O) groups is 3. The Morgan fingerprint density at radius 2 is 1.86 bits per heavy atom. The number of amides is 2. The van der Waals surface area contributed by atoms with Crippen LogP contribution in [-0.4, -0.2) is 22.8 Å². The van der Waals surface area contributed by atoms with Crippen LogP contribution in [0.2, 0.25) is 0 Å².